The highest BCUT2D eigenvalue weighted by Crippen LogP contribution is 2.27. The SMILES string of the molecule is CCCC1CCC(NC(=NCc2ccc(OC)cc2)NCc2nnc(C)n2C)CC1.I. The summed E-state index contributed by atoms with van der Waals surface area (Å²) in [6.07, 6.45) is 7.67. The molecule has 0 amide bonds. The molecule has 3 rings (SSSR count). The van der Waals surface area contributed by atoms with Crippen LogP contribution in [0.2, 0.25) is 0 Å². The fraction of sp³-hybridized carbons (Fsp3) is 0.609. The average molecular weight is 540 g/mol. The van der Waals surface area contributed by atoms with Crippen LogP contribution in [-0.2, 0) is 20.1 Å². The minimum Gasteiger partial charge on any atom is -0.497 e. The largest absolute Gasteiger partial charge is 0.497 e. The van der Waals surface area contributed by atoms with Crippen LogP contribution in [0.25, 0.3) is 0 Å². The molecule has 0 saturated heterocycles. The molecule has 1 aromatic heterocycles. The highest BCUT2D eigenvalue weighted by molar-refractivity contribution is 14.0. The molecule has 0 unspecified atom stereocenters. The summed E-state index contributed by atoms with van der Waals surface area (Å²) in [6, 6.07) is 8.54. The zero-order valence-corrected chi connectivity index (χ0v) is 21.6. The topological polar surface area (TPSA) is 76.4 Å². The summed E-state index contributed by atoms with van der Waals surface area (Å²) in [7, 11) is 3.67. The molecule has 1 heterocycles. The van der Waals surface area contributed by atoms with Crippen LogP contribution in [-0.4, -0.2) is 33.9 Å². The molecule has 7 nitrogen and oxygen atoms in total. The molecule has 1 fully saturated rings. The molecule has 31 heavy (non-hydrogen) atoms. The fourth-order valence-electron chi connectivity index (χ4n) is 4.02. The van der Waals surface area contributed by atoms with E-state index in [2.05, 4.69) is 39.9 Å². The van der Waals surface area contributed by atoms with Gasteiger partial charge in [-0.2, -0.15) is 0 Å². The maximum Gasteiger partial charge on any atom is 0.192 e. The van der Waals surface area contributed by atoms with Crippen LogP contribution in [0.15, 0.2) is 29.3 Å². The average Bonchev–Trinajstić information content (AvgIpc) is 3.09. The third-order valence-corrected chi connectivity index (χ3v) is 6.06. The van der Waals surface area contributed by atoms with Crippen LogP contribution in [0.1, 0.15) is 62.7 Å². The lowest BCUT2D eigenvalue weighted by Gasteiger charge is -2.30. The predicted molar refractivity (Wildman–Crippen MR) is 136 cm³/mol. The van der Waals surface area contributed by atoms with E-state index in [-0.39, 0.29) is 24.0 Å². The Morgan fingerprint density at radius 2 is 1.87 bits per heavy atom. The van der Waals surface area contributed by atoms with Gasteiger partial charge in [-0.1, -0.05) is 31.9 Å². The Kier molecular flexibility index (Phi) is 10.6. The number of guanidine groups is 1. The molecule has 1 saturated carbocycles. The minimum absolute atomic E-state index is 0. The number of methoxy groups -OCH3 is 1. The maximum atomic E-state index is 5.25. The van der Waals surface area contributed by atoms with Crippen LogP contribution in [0, 0.1) is 12.8 Å². The number of rotatable bonds is 8. The Hall–Kier alpha value is -1.84. The molecule has 8 heteroatoms. The van der Waals surface area contributed by atoms with Crippen molar-refractivity contribution in [2.24, 2.45) is 18.0 Å². The van der Waals surface area contributed by atoms with E-state index < -0.39 is 0 Å². The molecule has 1 aliphatic rings. The van der Waals surface area contributed by atoms with Gasteiger partial charge < -0.3 is 19.9 Å². The van der Waals surface area contributed by atoms with Crippen LogP contribution >= 0.6 is 24.0 Å². The summed E-state index contributed by atoms with van der Waals surface area (Å²) in [5.41, 5.74) is 1.15. The van der Waals surface area contributed by atoms with Crippen LogP contribution < -0.4 is 15.4 Å². The van der Waals surface area contributed by atoms with E-state index >= 15 is 0 Å². The van der Waals surface area contributed by atoms with E-state index in [4.69, 9.17) is 9.73 Å². The Morgan fingerprint density at radius 1 is 1.16 bits per heavy atom. The lowest BCUT2D eigenvalue weighted by atomic mass is 9.83. The number of aliphatic imine (C=N–C) groups is 1. The Labute approximate surface area is 203 Å². The first-order chi connectivity index (χ1) is 14.6. The number of benzene rings is 1. The summed E-state index contributed by atoms with van der Waals surface area (Å²) in [4.78, 5) is 4.85. The number of ether oxygens (including phenoxy) is 1. The van der Waals surface area contributed by atoms with Crippen molar-refractivity contribution in [1.82, 2.24) is 25.4 Å². The molecule has 0 aliphatic heterocycles. The van der Waals surface area contributed by atoms with Crippen LogP contribution in [0.3, 0.4) is 0 Å². The molecular formula is C23H37IN6O. The molecule has 0 bridgehead atoms. The van der Waals surface area contributed by atoms with Gasteiger partial charge in [0, 0.05) is 13.1 Å². The van der Waals surface area contributed by atoms with Crippen LogP contribution in [0.4, 0.5) is 0 Å². The predicted octanol–water partition coefficient (Wildman–Crippen LogP) is 4.34. The summed E-state index contributed by atoms with van der Waals surface area (Å²) in [5, 5.41) is 15.5. The maximum absolute atomic E-state index is 5.25. The van der Waals surface area contributed by atoms with E-state index in [1.807, 2.05) is 30.7 Å². The zero-order valence-electron chi connectivity index (χ0n) is 19.2. The summed E-state index contributed by atoms with van der Waals surface area (Å²) in [6.45, 7) is 5.45. The lowest BCUT2D eigenvalue weighted by Crippen LogP contribution is -2.45. The first-order valence-electron chi connectivity index (χ1n) is 11.1. The smallest absolute Gasteiger partial charge is 0.192 e. The second-order valence-corrected chi connectivity index (χ2v) is 8.24. The number of nitrogens with one attached hydrogen (secondary N) is 2. The van der Waals surface area contributed by atoms with Gasteiger partial charge in [-0.05, 0) is 56.2 Å². The molecule has 2 aromatic rings. The molecule has 1 aromatic carbocycles. The summed E-state index contributed by atoms with van der Waals surface area (Å²) >= 11 is 0. The van der Waals surface area contributed by atoms with Crippen molar-refractivity contribution in [3.8, 4) is 5.75 Å². The molecule has 172 valence electrons. The quantitative estimate of drug-likeness (QED) is 0.296. The van der Waals surface area contributed by atoms with Crippen LogP contribution in [0.5, 0.6) is 5.75 Å². The van der Waals surface area contributed by atoms with Gasteiger partial charge in [0.05, 0.1) is 20.2 Å². The van der Waals surface area contributed by atoms with Gasteiger partial charge in [0.15, 0.2) is 11.8 Å². The van der Waals surface area contributed by atoms with Gasteiger partial charge in [-0.15, -0.1) is 34.2 Å². The van der Waals surface area contributed by atoms with E-state index in [1.54, 1.807) is 7.11 Å². The zero-order chi connectivity index (χ0) is 21.3. The number of hydrogen-bond donors (Lipinski definition) is 2. The number of halogens is 1. The first-order valence-corrected chi connectivity index (χ1v) is 11.1. The fourth-order valence-corrected chi connectivity index (χ4v) is 4.02. The van der Waals surface area contributed by atoms with Gasteiger partial charge in [-0.3, -0.25) is 0 Å². The second kappa shape index (κ2) is 12.9. The Bertz CT molecular complexity index is 812. The molecule has 2 N–H and O–H groups in total. The number of aromatic nitrogens is 3. The van der Waals surface area contributed by atoms with Crippen molar-refractivity contribution in [3.63, 3.8) is 0 Å². The van der Waals surface area contributed by atoms with Crippen molar-refractivity contribution in [1.29, 1.82) is 0 Å². The molecule has 1 aliphatic carbocycles. The van der Waals surface area contributed by atoms with Gasteiger partial charge >= 0.3 is 0 Å². The van der Waals surface area contributed by atoms with Gasteiger partial charge in [0.2, 0.25) is 0 Å². The van der Waals surface area contributed by atoms with Crippen molar-refractivity contribution >= 4 is 29.9 Å². The molecular weight excluding hydrogens is 503 g/mol. The Balaban J connectivity index is 0.00000341. The van der Waals surface area contributed by atoms with Crippen molar-refractivity contribution in [2.45, 2.75) is 71.5 Å². The highest BCUT2D eigenvalue weighted by atomic mass is 127. The van der Waals surface area contributed by atoms with Crippen molar-refractivity contribution < 1.29 is 4.74 Å². The third-order valence-electron chi connectivity index (χ3n) is 6.06. The molecule has 0 spiro atoms. The minimum atomic E-state index is 0. The van der Waals surface area contributed by atoms with E-state index in [1.165, 1.54) is 38.5 Å². The third kappa shape index (κ3) is 7.66. The van der Waals surface area contributed by atoms with E-state index in [9.17, 15) is 0 Å². The lowest BCUT2D eigenvalue weighted by molar-refractivity contribution is 0.294. The monoisotopic (exact) mass is 540 g/mol. The van der Waals surface area contributed by atoms with E-state index in [0.29, 0.717) is 19.1 Å². The molecule has 0 radical (unpaired) electrons. The number of hydrogen-bond acceptors (Lipinski definition) is 4. The normalized spacial score (nSPS) is 18.9. The Morgan fingerprint density at radius 3 is 2.45 bits per heavy atom. The van der Waals surface area contributed by atoms with E-state index in [0.717, 1.165) is 34.8 Å². The second-order valence-electron chi connectivity index (χ2n) is 8.24. The number of aryl methyl sites for hydroxylation is 1. The summed E-state index contributed by atoms with van der Waals surface area (Å²) < 4.78 is 7.25. The molecule has 0 atom stereocenters. The number of nitrogens with zero attached hydrogens (tertiary/aromatic N) is 4. The highest BCUT2D eigenvalue weighted by Gasteiger charge is 2.21. The first kappa shape index (κ1) is 25.4. The van der Waals surface area contributed by atoms with Crippen molar-refractivity contribution in [3.05, 3.63) is 41.5 Å². The van der Waals surface area contributed by atoms with Gasteiger partial charge in [0.25, 0.3) is 0 Å². The van der Waals surface area contributed by atoms with Gasteiger partial charge in [0.1, 0.15) is 11.6 Å². The standard InChI is InChI=1S/C23H36N6O.HI/c1-5-6-18-7-11-20(12-8-18)26-23(25-16-22-28-27-17(2)29(22)3)24-15-19-9-13-21(30-4)14-10-19;/h9-10,13-14,18,20H,5-8,11-12,15-16H2,1-4H3,(H2,24,25,26);1H. The summed E-state index contributed by atoms with van der Waals surface area (Å²) in [5.74, 6) is 4.40. The van der Waals surface area contributed by atoms with Gasteiger partial charge in [-0.25, -0.2) is 4.99 Å². The van der Waals surface area contributed by atoms with Crippen molar-refractivity contribution in [2.75, 3.05) is 7.11 Å².